The summed E-state index contributed by atoms with van der Waals surface area (Å²) >= 11 is 18.5. The molecule has 0 saturated heterocycles. The number of Topliss-reactive ketones (excluding diaryl/α,β-unsaturated/α-hetero) is 1. The van der Waals surface area contributed by atoms with Gasteiger partial charge in [0.2, 0.25) is 0 Å². The van der Waals surface area contributed by atoms with Crippen LogP contribution in [-0.4, -0.2) is 19.4 Å². The first-order valence-electron chi connectivity index (χ1n) is 10.7. The Morgan fingerprint density at radius 2 is 1.67 bits per heavy atom. The van der Waals surface area contributed by atoms with E-state index in [1.165, 1.54) is 24.3 Å². The number of aromatic nitrogens is 1. The molecule has 0 aliphatic carbocycles. The van der Waals surface area contributed by atoms with Crippen molar-refractivity contribution in [2.24, 2.45) is 0 Å². The van der Waals surface area contributed by atoms with Gasteiger partial charge in [-0.1, -0.05) is 58.2 Å². The van der Waals surface area contributed by atoms with E-state index in [0.717, 1.165) is 0 Å². The number of rotatable bonds is 9. The third-order valence-corrected chi connectivity index (χ3v) is 7.74. The van der Waals surface area contributed by atoms with Crippen LogP contribution in [0.3, 0.4) is 0 Å². The van der Waals surface area contributed by atoms with E-state index in [9.17, 15) is 13.2 Å². The highest BCUT2D eigenvalue weighted by Gasteiger charge is 2.21. The zero-order valence-electron chi connectivity index (χ0n) is 18.8. The van der Waals surface area contributed by atoms with Gasteiger partial charge in [-0.15, -0.1) is 0 Å². The van der Waals surface area contributed by atoms with Gasteiger partial charge >= 0.3 is 0 Å². The molecule has 0 spiro atoms. The maximum absolute atomic E-state index is 13.1. The van der Waals surface area contributed by atoms with Crippen molar-refractivity contribution in [2.45, 2.75) is 24.3 Å². The van der Waals surface area contributed by atoms with Crippen molar-refractivity contribution in [3.8, 4) is 0 Å². The number of benzene rings is 3. The quantitative estimate of drug-likeness (QED) is 0.209. The third-order valence-electron chi connectivity index (χ3n) is 5.28. The zero-order chi connectivity index (χ0) is 25.9. The van der Waals surface area contributed by atoms with Gasteiger partial charge in [-0.2, -0.15) is 0 Å². The van der Waals surface area contributed by atoms with Crippen molar-refractivity contribution in [3.63, 3.8) is 0 Å². The lowest BCUT2D eigenvalue weighted by atomic mass is 9.97. The number of nitrogens with zero attached hydrogens (tertiary/aromatic N) is 1. The number of ketones is 1. The lowest BCUT2D eigenvalue weighted by molar-refractivity contribution is 0.0976. The van der Waals surface area contributed by atoms with Gasteiger partial charge in [0.25, 0.3) is 10.0 Å². The molecule has 1 atom stereocenters. The first-order valence-corrected chi connectivity index (χ1v) is 13.3. The number of hydrogen-bond acceptors (Lipinski definition) is 6. The maximum atomic E-state index is 13.1. The van der Waals surface area contributed by atoms with Gasteiger partial charge < -0.3 is 9.84 Å². The first-order chi connectivity index (χ1) is 17.1. The number of carbonyl (C=O) groups excluding carboxylic acids is 1. The minimum atomic E-state index is -3.87. The number of nitrogens with one attached hydrogen (secondary N) is 2. The van der Waals surface area contributed by atoms with Crippen molar-refractivity contribution < 1.29 is 17.7 Å². The van der Waals surface area contributed by atoms with E-state index in [1.807, 2.05) is 12.1 Å². The molecule has 4 aromatic rings. The van der Waals surface area contributed by atoms with Gasteiger partial charge in [0.05, 0.1) is 21.0 Å². The lowest BCUT2D eigenvalue weighted by Crippen LogP contribution is -2.17. The molecule has 0 fully saturated rings. The Morgan fingerprint density at radius 1 is 0.944 bits per heavy atom. The highest BCUT2D eigenvalue weighted by atomic mass is 35.5. The number of aryl methyl sites for hydroxylation is 1. The van der Waals surface area contributed by atoms with Gasteiger partial charge in [-0.05, 0) is 61.0 Å². The van der Waals surface area contributed by atoms with Crippen LogP contribution < -0.4 is 10.0 Å². The SMILES string of the molecule is Cc1cc(NS(=O)(=O)c2ccc(NC(CC(=O)c3ccc(Cl)c(Cl)c3)c3ccccc3Cl)cc2)no1. The van der Waals surface area contributed by atoms with Crippen molar-refractivity contribution in [3.05, 3.63) is 105 Å². The van der Waals surface area contributed by atoms with Gasteiger partial charge in [0.1, 0.15) is 5.76 Å². The van der Waals surface area contributed by atoms with Gasteiger partial charge in [0, 0.05) is 28.8 Å². The molecule has 3 aromatic carbocycles. The van der Waals surface area contributed by atoms with Crippen LogP contribution in [0, 0.1) is 6.92 Å². The van der Waals surface area contributed by atoms with Crippen molar-refractivity contribution in [1.29, 1.82) is 0 Å². The molecule has 1 aromatic heterocycles. The number of sulfonamides is 1. The predicted octanol–water partition coefficient (Wildman–Crippen LogP) is 7.17. The predicted molar refractivity (Wildman–Crippen MR) is 142 cm³/mol. The van der Waals surface area contributed by atoms with E-state index in [2.05, 4.69) is 15.2 Å². The first kappa shape index (κ1) is 26.0. The summed E-state index contributed by atoms with van der Waals surface area (Å²) in [6, 6.07) is 19.0. The molecule has 0 bridgehead atoms. The summed E-state index contributed by atoms with van der Waals surface area (Å²) in [5, 5.41) is 8.07. The summed E-state index contributed by atoms with van der Waals surface area (Å²) in [5.74, 6) is 0.403. The molecule has 0 amide bonds. The van der Waals surface area contributed by atoms with Crippen LogP contribution >= 0.6 is 34.8 Å². The molecule has 1 heterocycles. The molecule has 1 unspecified atom stereocenters. The van der Waals surface area contributed by atoms with E-state index in [-0.39, 0.29) is 27.9 Å². The Bertz CT molecular complexity index is 1510. The molecule has 2 N–H and O–H groups in total. The topological polar surface area (TPSA) is 101 Å². The monoisotopic (exact) mass is 563 g/mol. The second-order valence-electron chi connectivity index (χ2n) is 7.93. The molecule has 11 heteroatoms. The van der Waals surface area contributed by atoms with Gasteiger partial charge in [0.15, 0.2) is 11.6 Å². The molecular weight excluding hydrogens is 545 g/mol. The van der Waals surface area contributed by atoms with E-state index in [0.29, 0.717) is 32.6 Å². The Hall–Kier alpha value is -3.04. The standard InChI is InChI=1S/C25H20Cl3N3O4S/c1-15-12-25(30-35-15)31-36(33,34)18-9-7-17(8-10-18)29-23(19-4-2-3-5-20(19)26)14-24(32)16-6-11-21(27)22(28)13-16/h2-13,23,29H,14H2,1H3,(H,30,31). The zero-order valence-corrected chi connectivity index (χ0v) is 21.9. The normalized spacial score (nSPS) is 12.2. The Kier molecular flexibility index (Phi) is 7.90. The fourth-order valence-electron chi connectivity index (χ4n) is 3.51. The fourth-order valence-corrected chi connectivity index (χ4v) is 5.06. The lowest BCUT2D eigenvalue weighted by Gasteiger charge is -2.21. The summed E-state index contributed by atoms with van der Waals surface area (Å²) in [6.07, 6.45) is 0.0643. The molecule has 7 nitrogen and oxygen atoms in total. The minimum Gasteiger partial charge on any atom is -0.378 e. The van der Waals surface area contributed by atoms with Crippen LogP contribution in [0.25, 0.3) is 0 Å². The maximum Gasteiger partial charge on any atom is 0.263 e. The largest absolute Gasteiger partial charge is 0.378 e. The highest BCUT2D eigenvalue weighted by Crippen LogP contribution is 2.31. The van der Waals surface area contributed by atoms with Crippen LogP contribution in [0.5, 0.6) is 0 Å². The van der Waals surface area contributed by atoms with E-state index < -0.39 is 16.1 Å². The second-order valence-corrected chi connectivity index (χ2v) is 10.8. The Morgan fingerprint density at radius 3 is 2.31 bits per heavy atom. The minimum absolute atomic E-state index is 0.0369. The van der Waals surface area contributed by atoms with Crippen LogP contribution in [0.1, 0.15) is 34.1 Å². The molecule has 4 rings (SSSR count). The molecule has 0 radical (unpaired) electrons. The van der Waals surface area contributed by atoms with Crippen LogP contribution in [0.2, 0.25) is 15.1 Å². The third kappa shape index (κ3) is 6.20. The van der Waals surface area contributed by atoms with Crippen LogP contribution in [-0.2, 0) is 10.0 Å². The number of anilines is 2. The molecular formula is C25H20Cl3N3O4S. The molecule has 0 saturated carbocycles. The average molecular weight is 565 g/mol. The summed E-state index contributed by atoms with van der Waals surface area (Å²) in [6.45, 7) is 1.66. The van der Waals surface area contributed by atoms with E-state index >= 15 is 0 Å². The van der Waals surface area contributed by atoms with Crippen molar-refractivity contribution >= 4 is 62.1 Å². The summed E-state index contributed by atoms with van der Waals surface area (Å²) in [4.78, 5) is 13.1. The van der Waals surface area contributed by atoms with Crippen molar-refractivity contribution in [1.82, 2.24) is 5.16 Å². The van der Waals surface area contributed by atoms with Crippen LogP contribution in [0.15, 0.2) is 82.2 Å². The Balaban J connectivity index is 1.56. The van der Waals surface area contributed by atoms with Gasteiger partial charge in [-0.3, -0.25) is 9.52 Å². The number of hydrogen-bond donors (Lipinski definition) is 2. The van der Waals surface area contributed by atoms with Crippen LogP contribution in [0.4, 0.5) is 11.5 Å². The fraction of sp³-hybridized carbons (Fsp3) is 0.120. The van der Waals surface area contributed by atoms with E-state index in [4.69, 9.17) is 39.3 Å². The summed E-state index contributed by atoms with van der Waals surface area (Å²) < 4.78 is 32.6. The summed E-state index contributed by atoms with van der Waals surface area (Å²) in [5.41, 5.74) is 1.73. The molecule has 36 heavy (non-hydrogen) atoms. The van der Waals surface area contributed by atoms with E-state index in [1.54, 1.807) is 43.3 Å². The molecule has 0 aliphatic heterocycles. The average Bonchev–Trinajstić information content (AvgIpc) is 3.24. The molecule has 186 valence electrons. The number of halogens is 3. The highest BCUT2D eigenvalue weighted by molar-refractivity contribution is 7.92. The molecule has 0 aliphatic rings. The number of carbonyl (C=O) groups is 1. The Labute approximate surface area is 223 Å². The van der Waals surface area contributed by atoms with Gasteiger partial charge in [-0.25, -0.2) is 8.42 Å². The summed E-state index contributed by atoms with van der Waals surface area (Å²) in [7, 11) is -3.87. The van der Waals surface area contributed by atoms with Crippen molar-refractivity contribution in [2.75, 3.05) is 10.0 Å². The smallest absolute Gasteiger partial charge is 0.263 e. The second kappa shape index (κ2) is 10.9.